The molecule has 0 radical (unpaired) electrons. The van der Waals surface area contributed by atoms with E-state index in [-0.39, 0.29) is 0 Å². The highest BCUT2D eigenvalue weighted by molar-refractivity contribution is 6.32. The fraction of sp³-hybridized carbons (Fsp3) is 0.231. The van der Waals surface area contributed by atoms with Gasteiger partial charge in [-0.05, 0) is 24.1 Å². The molecule has 0 heterocycles. The van der Waals surface area contributed by atoms with Crippen LogP contribution in [0, 0.1) is 0 Å². The molecule has 1 rings (SSSR count). The molecule has 4 nitrogen and oxygen atoms in total. The van der Waals surface area contributed by atoms with Gasteiger partial charge in [-0.15, -0.1) is 0 Å². The van der Waals surface area contributed by atoms with Crippen LogP contribution in [-0.2, 0) is 9.59 Å². The molecule has 0 fully saturated rings. The van der Waals surface area contributed by atoms with Gasteiger partial charge in [-0.3, -0.25) is 4.79 Å². The minimum Gasteiger partial charge on any atom is -0.480 e. The SMILES string of the molecule is CC[C@@H](NC(=O)C=Cc1ccccc1Cl)C(=O)O. The summed E-state index contributed by atoms with van der Waals surface area (Å²) in [5.41, 5.74) is 0.706. The van der Waals surface area contributed by atoms with Crippen LogP contribution in [0.4, 0.5) is 0 Å². The molecular formula is C13H14ClNO3. The van der Waals surface area contributed by atoms with E-state index in [9.17, 15) is 9.59 Å². The van der Waals surface area contributed by atoms with Gasteiger partial charge in [0.25, 0.3) is 0 Å². The van der Waals surface area contributed by atoms with E-state index in [0.717, 1.165) is 0 Å². The van der Waals surface area contributed by atoms with Crippen molar-refractivity contribution >= 4 is 29.6 Å². The molecule has 0 aliphatic heterocycles. The minimum absolute atomic E-state index is 0.334. The van der Waals surface area contributed by atoms with Crippen molar-refractivity contribution in [3.05, 3.63) is 40.9 Å². The number of benzene rings is 1. The first kappa shape index (κ1) is 14.3. The lowest BCUT2D eigenvalue weighted by molar-refractivity contribution is -0.141. The van der Waals surface area contributed by atoms with Crippen LogP contribution >= 0.6 is 11.6 Å². The number of aliphatic carboxylic acids is 1. The van der Waals surface area contributed by atoms with E-state index in [0.29, 0.717) is 17.0 Å². The highest BCUT2D eigenvalue weighted by Crippen LogP contribution is 2.15. The van der Waals surface area contributed by atoms with Crippen molar-refractivity contribution < 1.29 is 14.7 Å². The maximum Gasteiger partial charge on any atom is 0.326 e. The van der Waals surface area contributed by atoms with Gasteiger partial charge in [0, 0.05) is 11.1 Å². The Hall–Kier alpha value is -1.81. The molecule has 1 aromatic rings. The van der Waals surface area contributed by atoms with E-state index in [4.69, 9.17) is 16.7 Å². The first-order valence-corrected chi connectivity index (χ1v) is 5.88. The summed E-state index contributed by atoms with van der Waals surface area (Å²) in [6.07, 6.45) is 3.15. The monoisotopic (exact) mass is 267 g/mol. The third kappa shape index (κ3) is 4.22. The predicted molar refractivity (Wildman–Crippen MR) is 70.3 cm³/mol. The molecule has 0 bridgehead atoms. The third-order valence-corrected chi connectivity index (χ3v) is 2.69. The number of amides is 1. The van der Waals surface area contributed by atoms with Crippen LogP contribution in [0.25, 0.3) is 6.08 Å². The second-order valence-electron chi connectivity index (χ2n) is 3.66. The van der Waals surface area contributed by atoms with Crippen LogP contribution in [-0.4, -0.2) is 23.0 Å². The molecule has 0 aliphatic rings. The molecule has 0 saturated carbocycles. The van der Waals surface area contributed by atoms with E-state index in [1.807, 2.05) is 0 Å². The Morgan fingerprint density at radius 2 is 2.11 bits per heavy atom. The van der Waals surface area contributed by atoms with Gasteiger partial charge < -0.3 is 10.4 Å². The zero-order chi connectivity index (χ0) is 13.5. The first-order valence-electron chi connectivity index (χ1n) is 5.50. The number of hydrogen-bond donors (Lipinski definition) is 2. The van der Waals surface area contributed by atoms with Crippen molar-refractivity contribution in [2.24, 2.45) is 0 Å². The summed E-state index contributed by atoms with van der Waals surface area (Å²) in [4.78, 5) is 22.2. The third-order valence-electron chi connectivity index (χ3n) is 2.34. The molecule has 1 aromatic carbocycles. The van der Waals surface area contributed by atoms with Crippen molar-refractivity contribution in [1.29, 1.82) is 0 Å². The normalized spacial score (nSPS) is 12.3. The average molecular weight is 268 g/mol. The number of rotatable bonds is 5. The maximum absolute atomic E-state index is 11.5. The molecule has 0 aromatic heterocycles. The topological polar surface area (TPSA) is 66.4 Å². The molecular weight excluding hydrogens is 254 g/mol. The molecule has 0 saturated heterocycles. The quantitative estimate of drug-likeness (QED) is 0.805. The lowest BCUT2D eigenvalue weighted by atomic mass is 10.2. The average Bonchev–Trinajstić information content (AvgIpc) is 2.34. The molecule has 2 N–H and O–H groups in total. The van der Waals surface area contributed by atoms with Crippen LogP contribution in [0.3, 0.4) is 0 Å². The maximum atomic E-state index is 11.5. The summed E-state index contributed by atoms with van der Waals surface area (Å²) < 4.78 is 0. The van der Waals surface area contributed by atoms with Gasteiger partial charge in [0.2, 0.25) is 5.91 Å². The predicted octanol–water partition coefficient (Wildman–Crippen LogP) is 2.33. The van der Waals surface area contributed by atoms with Gasteiger partial charge in [0.1, 0.15) is 6.04 Å². The molecule has 1 amide bonds. The molecule has 5 heteroatoms. The van der Waals surface area contributed by atoms with Crippen LogP contribution in [0.2, 0.25) is 5.02 Å². The van der Waals surface area contributed by atoms with Crippen molar-refractivity contribution in [2.75, 3.05) is 0 Å². The van der Waals surface area contributed by atoms with Crippen LogP contribution in [0.5, 0.6) is 0 Å². The highest BCUT2D eigenvalue weighted by Gasteiger charge is 2.15. The Morgan fingerprint density at radius 1 is 1.44 bits per heavy atom. The van der Waals surface area contributed by atoms with E-state index >= 15 is 0 Å². The smallest absolute Gasteiger partial charge is 0.326 e. The van der Waals surface area contributed by atoms with Crippen LogP contribution in [0.15, 0.2) is 30.3 Å². The van der Waals surface area contributed by atoms with Gasteiger partial charge in [0.15, 0.2) is 0 Å². The van der Waals surface area contributed by atoms with Crippen molar-refractivity contribution in [1.82, 2.24) is 5.32 Å². The minimum atomic E-state index is -1.04. The summed E-state index contributed by atoms with van der Waals surface area (Å²) in [7, 11) is 0. The molecule has 0 unspecified atom stereocenters. The van der Waals surface area contributed by atoms with Gasteiger partial charge >= 0.3 is 5.97 Å². The summed E-state index contributed by atoms with van der Waals surface area (Å²) in [6.45, 7) is 1.69. The lowest BCUT2D eigenvalue weighted by Crippen LogP contribution is -2.39. The van der Waals surface area contributed by atoms with Crippen molar-refractivity contribution in [3.8, 4) is 0 Å². The summed E-state index contributed by atoms with van der Waals surface area (Å²) in [5, 5.41) is 11.7. The van der Waals surface area contributed by atoms with Crippen LogP contribution in [0.1, 0.15) is 18.9 Å². The Bertz CT molecular complexity index is 471. The number of halogens is 1. The number of carboxylic acid groups (broad SMARTS) is 1. The Balaban J connectivity index is 2.65. The van der Waals surface area contributed by atoms with E-state index < -0.39 is 17.9 Å². The Morgan fingerprint density at radius 3 is 2.67 bits per heavy atom. The fourth-order valence-electron chi connectivity index (χ4n) is 1.33. The zero-order valence-corrected chi connectivity index (χ0v) is 10.6. The van der Waals surface area contributed by atoms with Gasteiger partial charge in [-0.2, -0.15) is 0 Å². The standard InChI is InChI=1S/C13H14ClNO3/c1-2-11(13(17)18)15-12(16)8-7-9-5-3-4-6-10(9)14/h3-8,11H,2H2,1H3,(H,15,16)(H,17,18)/t11-/m1/s1. The number of hydrogen-bond acceptors (Lipinski definition) is 2. The lowest BCUT2D eigenvalue weighted by Gasteiger charge is -2.09. The number of carbonyl (C=O) groups is 2. The number of carbonyl (C=O) groups excluding carboxylic acids is 1. The van der Waals surface area contributed by atoms with Crippen molar-refractivity contribution in [2.45, 2.75) is 19.4 Å². The van der Waals surface area contributed by atoms with E-state index in [1.165, 1.54) is 6.08 Å². The second kappa shape index (κ2) is 6.81. The number of carboxylic acids is 1. The summed E-state index contributed by atoms with van der Waals surface area (Å²) in [5.74, 6) is -1.50. The first-order chi connectivity index (χ1) is 8.54. The van der Waals surface area contributed by atoms with Gasteiger partial charge in [-0.25, -0.2) is 4.79 Å². The molecule has 1 atom stereocenters. The largest absolute Gasteiger partial charge is 0.480 e. The van der Waals surface area contributed by atoms with Gasteiger partial charge in [-0.1, -0.05) is 36.7 Å². The van der Waals surface area contributed by atoms with E-state index in [1.54, 1.807) is 37.3 Å². The summed E-state index contributed by atoms with van der Waals surface area (Å²) >= 11 is 5.91. The van der Waals surface area contributed by atoms with Crippen LogP contribution < -0.4 is 5.32 Å². The molecule has 96 valence electrons. The Kier molecular flexibility index (Phi) is 5.39. The van der Waals surface area contributed by atoms with E-state index in [2.05, 4.69) is 5.32 Å². The molecule has 18 heavy (non-hydrogen) atoms. The van der Waals surface area contributed by atoms with Gasteiger partial charge in [0.05, 0.1) is 0 Å². The zero-order valence-electron chi connectivity index (χ0n) is 9.89. The summed E-state index contributed by atoms with van der Waals surface area (Å²) in [6, 6.07) is 6.20. The number of nitrogens with one attached hydrogen (secondary N) is 1. The highest BCUT2D eigenvalue weighted by atomic mass is 35.5. The van der Waals surface area contributed by atoms with Crippen molar-refractivity contribution in [3.63, 3.8) is 0 Å². The molecule has 0 aliphatic carbocycles. The fourth-order valence-corrected chi connectivity index (χ4v) is 1.53. The second-order valence-corrected chi connectivity index (χ2v) is 4.07. The molecule has 0 spiro atoms. The Labute approximate surface area is 110 Å².